The van der Waals surface area contributed by atoms with Gasteiger partial charge in [0.15, 0.2) is 0 Å². The molecule has 9 heteroatoms. The average Bonchev–Trinajstić information content (AvgIpc) is 2.93. The minimum absolute atomic E-state index is 0.0183. The number of carbonyl (C=O) groups excluding carboxylic acids is 2. The number of nitrogens with one attached hydrogen (secondary N) is 3. The topological polar surface area (TPSA) is 117 Å². The summed E-state index contributed by atoms with van der Waals surface area (Å²) in [6.07, 6.45) is 2.84. The van der Waals surface area contributed by atoms with Crippen LogP contribution in [0.2, 0.25) is 0 Å². The fourth-order valence-electron chi connectivity index (χ4n) is 2.15. The van der Waals surface area contributed by atoms with Gasteiger partial charge in [-0.2, -0.15) is 13.5 Å². The third-order valence-electron chi connectivity index (χ3n) is 3.41. The Morgan fingerprint density at radius 2 is 1.58 bits per heavy atom. The molecular formula is C17H14N4O4S. The fraction of sp³-hybridized carbons (Fsp3) is 0. The van der Waals surface area contributed by atoms with Crippen LogP contribution in [0.4, 0.5) is 4.79 Å². The molecule has 0 spiro atoms. The van der Waals surface area contributed by atoms with E-state index >= 15 is 0 Å². The highest BCUT2D eigenvalue weighted by atomic mass is 32.2. The molecule has 1 aliphatic rings. The molecular weight excluding hydrogens is 356 g/mol. The van der Waals surface area contributed by atoms with Gasteiger partial charge >= 0.3 is 6.03 Å². The van der Waals surface area contributed by atoms with Gasteiger partial charge in [0.05, 0.1) is 11.1 Å². The first-order chi connectivity index (χ1) is 12.4. The summed E-state index contributed by atoms with van der Waals surface area (Å²) in [6, 6.07) is 14.2. The van der Waals surface area contributed by atoms with Crippen LogP contribution < -0.4 is 15.5 Å². The van der Waals surface area contributed by atoms with Gasteiger partial charge in [0.1, 0.15) is 5.70 Å². The van der Waals surface area contributed by atoms with Crippen molar-refractivity contribution in [3.05, 3.63) is 71.4 Å². The molecule has 1 fully saturated rings. The third-order valence-corrected chi connectivity index (χ3v) is 4.65. The van der Waals surface area contributed by atoms with Crippen molar-refractivity contribution < 1.29 is 18.0 Å². The zero-order valence-electron chi connectivity index (χ0n) is 13.3. The van der Waals surface area contributed by atoms with Crippen molar-refractivity contribution in [2.45, 2.75) is 4.90 Å². The van der Waals surface area contributed by atoms with E-state index in [4.69, 9.17) is 0 Å². The molecule has 0 aromatic heterocycles. The maximum absolute atomic E-state index is 12.2. The summed E-state index contributed by atoms with van der Waals surface area (Å²) < 4.78 is 24.4. The molecule has 0 aliphatic carbocycles. The number of hydrogen-bond donors (Lipinski definition) is 3. The standard InChI is InChI=1S/C17H14N4O4S/c22-16-15(19-17(23)20-16)10-12-6-8-14(9-7-12)26(24,25)21-18-11-13-4-2-1-3-5-13/h1-11,21H,(H2,19,20,22,23)/b15-10-,18-11?. The summed E-state index contributed by atoms with van der Waals surface area (Å²) in [5, 5.41) is 8.17. The van der Waals surface area contributed by atoms with Crippen molar-refractivity contribution in [1.82, 2.24) is 15.5 Å². The first kappa shape index (κ1) is 17.4. The SMILES string of the molecule is O=C1NC(=O)/C(=C/c2ccc(S(=O)(=O)NN=Cc3ccccc3)cc2)N1. The van der Waals surface area contributed by atoms with E-state index in [0.29, 0.717) is 5.56 Å². The normalized spacial score (nSPS) is 15.9. The molecule has 132 valence electrons. The van der Waals surface area contributed by atoms with Crippen molar-refractivity contribution >= 4 is 34.3 Å². The first-order valence-corrected chi connectivity index (χ1v) is 8.96. The Balaban J connectivity index is 1.71. The summed E-state index contributed by atoms with van der Waals surface area (Å²) in [4.78, 5) is 24.7. The Bertz CT molecular complexity index is 997. The lowest BCUT2D eigenvalue weighted by Gasteiger charge is -2.04. The van der Waals surface area contributed by atoms with Gasteiger partial charge in [-0.15, -0.1) is 0 Å². The molecule has 1 heterocycles. The monoisotopic (exact) mass is 370 g/mol. The van der Waals surface area contributed by atoms with Crippen LogP contribution in [0.1, 0.15) is 11.1 Å². The number of rotatable bonds is 5. The maximum Gasteiger partial charge on any atom is 0.326 e. The number of amides is 3. The quantitative estimate of drug-likeness (QED) is 0.317. The van der Waals surface area contributed by atoms with Gasteiger partial charge in [-0.3, -0.25) is 10.1 Å². The van der Waals surface area contributed by atoms with E-state index in [1.807, 2.05) is 18.2 Å². The van der Waals surface area contributed by atoms with Crippen molar-refractivity contribution in [3.8, 4) is 0 Å². The highest BCUT2D eigenvalue weighted by Gasteiger charge is 2.22. The van der Waals surface area contributed by atoms with E-state index in [0.717, 1.165) is 5.56 Å². The molecule has 1 saturated heterocycles. The molecule has 0 bridgehead atoms. The number of urea groups is 1. The van der Waals surface area contributed by atoms with Crippen molar-refractivity contribution in [2.75, 3.05) is 0 Å². The highest BCUT2D eigenvalue weighted by Crippen LogP contribution is 2.13. The number of hydrazone groups is 1. The number of carbonyl (C=O) groups is 2. The van der Waals surface area contributed by atoms with Gasteiger partial charge < -0.3 is 5.32 Å². The van der Waals surface area contributed by atoms with Gasteiger partial charge in [0.2, 0.25) is 0 Å². The fourth-order valence-corrected chi connectivity index (χ4v) is 2.95. The Kier molecular flexibility index (Phi) is 4.81. The van der Waals surface area contributed by atoms with Crippen LogP contribution in [0, 0.1) is 0 Å². The number of sulfonamides is 1. The van der Waals surface area contributed by atoms with E-state index in [1.54, 1.807) is 12.1 Å². The van der Waals surface area contributed by atoms with Crippen LogP contribution in [-0.4, -0.2) is 26.6 Å². The number of hydrogen-bond acceptors (Lipinski definition) is 5. The lowest BCUT2D eigenvalue weighted by atomic mass is 10.2. The molecule has 0 saturated carbocycles. The van der Waals surface area contributed by atoms with Gasteiger partial charge in [-0.05, 0) is 29.3 Å². The lowest BCUT2D eigenvalue weighted by molar-refractivity contribution is -0.115. The van der Waals surface area contributed by atoms with E-state index in [-0.39, 0.29) is 10.6 Å². The van der Waals surface area contributed by atoms with E-state index in [9.17, 15) is 18.0 Å². The van der Waals surface area contributed by atoms with Crippen molar-refractivity contribution in [2.24, 2.45) is 5.10 Å². The van der Waals surface area contributed by atoms with Crippen LogP contribution in [0.25, 0.3) is 6.08 Å². The largest absolute Gasteiger partial charge is 0.326 e. The maximum atomic E-state index is 12.2. The molecule has 8 nitrogen and oxygen atoms in total. The smallest absolute Gasteiger partial charge is 0.303 e. The Labute approximate surface area is 149 Å². The van der Waals surface area contributed by atoms with Gasteiger partial charge in [-0.25, -0.2) is 9.63 Å². The predicted octanol–water partition coefficient (Wildman–Crippen LogP) is 1.18. The Morgan fingerprint density at radius 1 is 0.885 bits per heavy atom. The Morgan fingerprint density at radius 3 is 2.19 bits per heavy atom. The predicted molar refractivity (Wildman–Crippen MR) is 95.5 cm³/mol. The molecule has 3 rings (SSSR count). The third kappa shape index (κ3) is 4.14. The minimum atomic E-state index is -3.81. The van der Waals surface area contributed by atoms with Crippen molar-refractivity contribution in [3.63, 3.8) is 0 Å². The average molecular weight is 370 g/mol. The zero-order chi connectivity index (χ0) is 18.6. The van der Waals surface area contributed by atoms with Gasteiger partial charge in [0.25, 0.3) is 15.9 Å². The molecule has 3 N–H and O–H groups in total. The molecule has 3 amide bonds. The molecule has 26 heavy (non-hydrogen) atoms. The molecule has 0 atom stereocenters. The molecule has 2 aromatic rings. The van der Waals surface area contributed by atoms with Crippen molar-refractivity contribution in [1.29, 1.82) is 0 Å². The van der Waals surface area contributed by atoms with Crippen LogP contribution >= 0.6 is 0 Å². The van der Waals surface area contributed by atoms with Crippen LogP contribution in [0.15, 0.2) is 70.3 Å². The van der Waals surface area contributed by atoms with Crippen LogP contribution in [-0.2, 0) is 14.8 Å². The van der Waals surface area contributed by atoms with Crippen LogP contribution in [0.5, 0.6) is 0 Å². The summed E-state index contributed by atoms with van der Waals surface area (Å²) in [7, 11) is -3.81. The van der Waals surface area contributed by atoms with Crippen LogP contribution in [0.3, 0.4) is 0 Å². The second-order valence-electron chi connectivity index (χ2n) is 5.30. The highest BCUT2D eigenvalue weighted by molar-refractivity contribution is 7.89. The van der Waals surface area contributed by atoms with Gasteiger partial charge in [0, 0.05) is 0 Å². The molecule has 2 aromatic carbocycles. The van der Waals surface area contributed by atoms with Gasteiger partial charge in [-0.1, -0.05) is 42.5 Å². The molecule has 1 aliphatic heterocycles. The summed E-state index contributed by atoms with van der Waals surface area (Å²) in [6.45, 7) is 0. The molecule has 0 unspecified atom stereocenters. The number of imide groups is 1. The second kappa shape index (κ2) is 7.19. The summed E-state index contributed by atoms with van der Waals surface area (Å²) in [5.74, 6) is -0.538. The number of nitrogens with zero attached hydrogens (tertiary/aromatic N) is 1. The van der Waals surface area contributed by atoms with E-state index in [2.05, 4.69) is 20.6 Å². The molecule has 0 radical (unpaired) electrons. The van der Waals surface area contributed by atoms with E-state index < -0.39 is 22.0 Å². The number of benzene rings is 2. The zero-order valence-corrected chi connectivity index (χ0v) is 14.2. The minimum Gasteiger partial charge on any atom is -0.303 e. The summed E-state index contributed by atoms with van der Waals surface area (Å²) in [5.41, 5.74) is 1.41. The lowest BCUT2D eigenvalue weighted by Crippen LogP contribution is -2.22. The first-order valence-electron chi connectivity index (χ1n) is 7.48. The van der Waals surface area contributed by atoms with E-state index in [1.165, 1.54) is 36.6 Å². The second-order valence-corrected chi connectivity index (χ2v) is 6.96. The summed E-state index contributed by atoms with van der Waals surface area (Å²) >= 11 is 0. The Hall–Kier alpha value is -3.46.